The maximum absolute atomic E-state index is 12.9. The Balaban J connectivity index is 2.06. The zero-order chi connectivity index (χ0) is 15.0. The van der Waals surface area contributed by atoms with Gasteiger partial charge >= 0.3 is 0 Å². The summed E-state index contributed by atoms with van der Waals surface area (Å²) in [4.78, 5) is 4.10. The third-order valence-electron chi connectivity index (χ3n) is 3.59. The Morgan fingerprint density at radius 2 is 2.29 bits per heavy atom. The van der Waals surface area contributed by atoms with Crippen LogP contribution in [0.15, 0.2) is 29.4 Å². The SMILES string of the molecule is CCC1CN(S(=O)(=O)c2c(Cl)nc3ccccn23)CCO1. The third kappa shape index (κ3) is 2.55. The lowest BCUT2D eigenvalue weighted by atomic mass is 10.2. The second-order valence-electron chi connectivity index (χ2n) is 4.90. The van der Waals surface area contributed by atoms with E-state index in [1.54, 1.807) is 24.4 Å². The van der Waals surface area contributed by atoms with Crippen molar-refractivity contribution in [2.45, 2.75) is 24.5 Å². The summed E-state index contributed by atoms with van der Waals surface area (Å²) in [7, 11) is -3.70. The quantitative estimate of drug-likeness (QED) is 0.861. The number of imidazole rings is 1. The molecule has 2 aromatic rings. The molecule has 114 valence electrons. The Labute approximate surface area is 128 Å². The number of rotatable bonds is 3. The summed E-state index contributed by atoms with van der Waals surface area (Å²) in [5.74, 6) is 0. The van der Waals surface area contributed by atoms with Crippen molar-refractivity contribution in [3.05, 3.63) is 29.5 Å². The summed E-state index contributed by atoms with van der Waals surface area (Å²) < 4.78 is 34.2. The van der Waals surface area contributed by atoms with Gasteiger partial charge in [-0.25, -0.2) is 13.4 Å². The Bertz CT molecular complexity index is 759. The van der Waals surface area contributed by atoms with Gasteiger partial charge in [0.25, 0.3) is 10.0 Å². The predicted octanol–water partition coefficient (Wildman–Crippen LogP) is 1.79. The van der Waals surface area contributed by atoms with Crippen molar-refractivity contribution in [2.75, 3.05) is 19.7 Å². The van der Waals surface area contributed by atoms with Crippen LogP contribution in [0.3, 0.4) is 0 Å². The van der Waals surface area contributed by atoms with Crippen LogP contribution in [0.4, 0.5) is 0 Å². The average molecular weight is 330 g/mol. The summed E-state index contributed by atoms with van der Waals surface area (Å²) in [5.41, 5.74) is 0.515. The van der Waals surface area contributed by atoms with Gasteiger partial charge < -0.3 is 4.74 Å². The monoisotopic (exact) mass is 329 g/mol. The molecule has 1 saturated heterocycles. The minimum Gasteiger partial charge on any atom is -0.375 e. The van der Waals surface area contributed by atoms with Crippen LogP contribution < -0.4 is 0 Å². The van der Waals surface area contributed by atoms with Crippen LogP contribution in [0.25, 0.3) is 5.65 Å². The minimum atomic E-state index is -3.70. The summed E-state index contributed by atoms with van der Waals surface area (Å²) in [6.45, 7) is 3.04. The van der Waals surface area contributed by atoms with Gasteiger partial charge in [-0.15, -0.1) is 0 Å². The molecule has 0 amide bonds. The van der Waals surface area contributed by atoms with E-state index in [0.29, 0.717) is 25.3 Å². The molecule has 1 aliphatic rings. The molecule has 0 radical (unpaired) electrons. The highest BCUT2D eigenvalue weighted by Crippen LogP contribution is 2.27. The number of halogens is 1. The number of aromatic nitrogens is 2. The van der Waals surface area contributed by atoms with Gasteiger partial charge in [0.15, 0.2) is 10.2 Å². The van der Waals surface area contributed by atoms with E-state index in [2.05, 4.69) is 4.98 Å². The molecule has 8 heteroatoms. The molecule has 1 fully saturated rings. The van der Waals surface area contributed by atoms with Crippen LogP contribution in [0.1, 0.15) is 13.3 Å². The van der Waals surface area contributed by atoms with E-state index >= 15 is 0 Å². The Morgan fingerprint density at radius 1 is 1.48 bits per heavy atom. The highest BCUT2D eigenvalue weighted by molar-refractivity contribution is 7.89. The van der Waals surface area contributed by atoms with Gasteiger partial charge in [0.2, 0.25) is 0 Å². The fraction of sp³-hybridized carbons (Fsp3) is 0.462. The summed E-state index contributed by atoms with van der Waals surface area (Å²) >= 11 is 6.07. The molecule has 0 spiro atoms. The third-order valence-corrected chi connectivity index (χ3v) is 5.85. The zero-order valence-electron chi connectivity index (χ0n) is 11.6. The van der Waals surface area contributed by atoms with Crippen LogP contribution >= 0.6 is 11.6 Å². The summed E-state index contributed by atoms with van der Waals surface area (Å²) in [5, 5.41) is 0.0252. The van der Waals surface area contributed by atoms with Crippen LogP contribution in [-0.2, 0) is 14.8 Å². The molecular weight excluding hydrogens is 314 g/mol. The molecule has 0 bridgehead atoms. The lowest BCUT2D eigenvalue weighted by Crippen LogP contribution is -2.45. The van der Waals surface area contributed by atoms with Crippen molar-refractivity contribution in [3.8, 4) is 0 Å². The van der Waals surface area contributed by atoms with E-state index < -0.39 is 10.0 Å². The van der Waals surface area contributed by atoms with E-state index in [9.17, 15) is 8.42 Å². The normalized spacial score (nSPS) is 21.0. The first-order valence-corrected chi connectivity index (χ1v) is 8.60. The van der Waals surface area contributed by atoms with Gasteiger partial charge in [-0.2, -0.15) is 4.31 Å². The molecule has 3 heterocycles. The van der Waals surface area contributed by atoms with Crippen molar-refractivity contribution in [3.63, 3.8) is 0 Å². The van der Waals surface area contributed by atoms with E-state index in [1.165, 1.54) is 8.71 Å². The Hall–Kier alpha value is -1.15. The Kier molecular flexibility index (Phi) is 3.92. The average Bonchev–Trinajstić information content (AvgIpc) is 2.83. The Morgan fingerprint density at radius 3 is 3.05 bits per heavy atom. The highest BCUT2D eigenvalue weighted by Gasteiger charge is 2.34. The number of ether oxygens (including phenoxy) is 1. The fourth-order valence-electron chi connectivity index (χ4n) is 2.46. The van der Waals surface area contributed by atoms with Crippen LogP contribution in [0, 0.1) is 0 Å². The first kappa shape index (κ1) is 14.8. The summed E-state index contributed by atoms with van der Waals surface area (Å²) in [6.07, 6.45) is 2.35. The van der Waals surface area contributed by atoms with Crippen LogP contribution in [0.2, 0.25) is 5.15 Å². The summed E-state index contributed by atoms with van der Waals surface area (Å²) in [6, 6.07) is 5.26. The molecule has 21 heavy (non-hydrogen) atoms. The maximum Gasteiger partial charge on any atom is 0.262 e. The fourth-order valence-corrected chi connectivity index (χ4v) is 4.51. The maximum atomic E-state index is 12.9. The molecule has 6 nitrogen and oxygen atoms in total. The topological polar surface area (TPSA) is 63.9 Å². The second kappa shape index (κ2) is 5.57. The molecule has 0 saturated carbocycles. The number of nitrogens with zero attached hydrogens (tertiary/aromatic N) is 3. The minimum absolute atomic E-state index is 0.000685. The number of morpholine rings is 1. The molecule has 2 aromatic heterocycles. The van der Waals surface area contributed by atoms with E-state index in [0.717, 1.165) is 6.42 Å². The number of hydrogen-bond donors (Lipinski definition) is 0. The number of hydrogen-bond acceptors (Lipinski definition) is 4. The van der Waals surface area contributed by atoms with Gasteiger partial charge in [-0.05, 0) is 18.6 Å². The van der Waals surface area contributed by atoms with Crippen molar-refractivity contribution < 1.29 is 13.2 Å². The highest BCUT2D eigenvalue weighted by atomic mass is 35.5. The van der Waals surface area contributed by atoms with E-state index in [4.69, 9.17) is 16.3 Å². The van der Waals surface area contributed by atoms with E-state index in [1.807, 2.05) is 6.92 Å². The molecule has 3 rings (SSSR count). The van der Waals surface area contributed by atoms with Gasteiger partial charge in [-0.3, -0.25) is 4.40 Å². The lowest BCUT2D eigenvalue weighted by molar-refractivity contribution is -0.00285. The molecule has 1 atom stereocenters. The lowest BCUT2D eigenvalue weighted by Gasteiger charge is -2.31. The van der Waals surface area contributed by atoms with Crippen LogP contribution in [-0.4, -0.2) is 47.9 Å². The number of sulfonamides is 1. The largest absolute Gasteiger partial charge is 0.375 e. The van der Waals surface area contributed by atoms with Crippen molar-refractivity contribution in [1.82, 2.24) is 13.7 Å². The molecular formula is C13H16ClN3O3S. The van der Waals surface area contributed by atoms with Crippen LogP contribution in [0.5, 0.6) is 0 Å². The van der Waals surface area contributed by atoms with Gasteiger partial charge in [0.1, 0.15) is 5.65 Å². The molecule has 1 unspecified atom stereocenters. The number of fused-ring (bicyclic) bond motifs is 1. The molecule has 0 aliphatic carbocycles. The van der Waals surface area contributed by atoms with Gasteiger partial charge in [0.05, 0.1) is 12.7 Å². The van der Waals surface area contributed by atoms with E-state index in [-0.39, 0.29) is 16.3 Å². The van der Waals surface area contributed by atoms with Crippen molar-refractivity contribution >= 4 is 27.3 Å². The second-order valence-corrected chi connectivity index (χ2v) is 7.11. The molecule has 0 aromatic carbocycles. The van der Waals surface area contributed by atoms with Crippen molar-refractivity contribution in [2.24, 2.45) is 0 Å². The first-order valence-electron chi connectivity index (χ1n) is 6.78. The van der Waals surface area contributed by atoms with Gasteiger partial charge in [-0.1, -0.05) is 24.6 Å². The number of pyridine rings is 1. The molecule has 1 aliphatic heterocycles. The first-order chi connectivity index (χ1) is 10.0. The zero-order valence-corrected chi connectivity index (χ0v) is 13.1. The van der Waals surface area contributed by atoms with Crippen molar-refractivity contribution in [1.29, 1.82) is 0 Å². The standard InChI is InChI=1S/C13H16ClN3O3S/c1-2-10-9-16(7-8-20-10)21(18,19)13-12(14)15-11-5-3-4-6-17(11)13/h3-6,10H,2,7-9H2,1H3. The smallest absolute Gasteiger partial charge is 0.262 e. The molecule has 0 N–H and O–H groups in total. The van der Waals surface area contributed by atoms with Gasteiger partial charge in [0, 0.05) is 19.3 Å². The predicted molar refractivity (Wildman–Crippen MR) is 79.0 cm³/mol.